The molecule has 0 radical (unpaired) electrons. The van der Waals surface area contributed by atoms with Gasteiger partial charge in [0.05, 0.1) is 0 Å². The number of aromatic nitrogens is 1. The van der Waals surface area contributed by atoms with Gasteiger partial charge in [-0.25, -0.2) is 0 Å². The lowest BCUT2D eigenvalue weighted by atomic mass is 10.3. The summed E-state index contributed by atoms with van der Waals surface area (Å²) in [6.07, 6.45) is -0.974. The second kappa shape index (κ2) is 6.44. The second-order valence-electron chi connectivity index (χ2n) is 3.86. The smallest absolute Gasteiger partial charge is 0.345 e. The summed E-state index contributed by atoms with van der Waals surface area (Å²) in [6, 6.07) is 1.82. The van der Waals surface area contributed by atoms with Crippen LogP contribution in [0.15, 0.2) is 18.5 Å². The van der Waals surface area contributed by atoms with Crippen molar-refractivity contribution in [2.24, 2.45) is 0 Å². The summed E-state index contributed by atoms with van der Waals surface area (Å²) in [4.78, 5) is 11.2. The summed E-state index contributed by atoms with van der Waals surface area (Å²) >= 11 is 0. The molecule has 0 aliphatic rings. The number of nitrogens with one attached hydrogen (secondary N) is 2. The average molecular weight is 263 g/mol. The van der Waals surface area contributed by atoms with Crippen LogP contribution in [-0.2, 0) is 17.9 Å². The SMILES string of the molecule is CCNCc1ccn(CC(=O)NCC(F)(F)F)c1. The number of amides is 1. The largest absolute Gasteiger partial charge is 0.405 e. The maximum absolute atomic E-state index is 11.9. The molecular weight excluding hydrogens is 247 g/mol. The summed E-state index contributed by atoms with van der Waals surface area (Å²) < 4.78 is 37.2. The van der Waals surface area contributed by atoms with Gasteiger partial charge in [-0.1, -0.05) is 6.92 Å². The van der Waals surface area contributed by atoms with Gasteiger partial charge in [-0.3, -0.25) is 4.79 Å². The number of alkyl halides is 3. The van der Waals surface area contributed by atoms with Crippen LogP contribution in [0.3, 0.4) is 0 Å². The van der Waals surface area contributed by atoms with Crippen LogP contribution >= 0.6 is 0 Å². The Morgan fingerprint density at radius 3 is 2.78 bits per heavy atom. The van der Waals surface area contributed by atoms with Crippen molar-refractivity contribution in [3.63, 3.8) is 0 Å². The minimum Gasteiger partial charge on any atom is -0.345 e. The zero-order chi connectivity index (χ0) is 13.6. The van der Waals surface area contributed by atoms with Crippen molar-refractivity contribution >= 4 is 5.91 Å². The molecule has 4 nitrogen and oxygen atoms in total. The molecule has 0 saturated carbocycles. The van der Waals surface area contributed by atoms with Crippen molar-refractivity contribution in [1.82, 2.24) is 15.2 Å². The predicted octanol–water partition coefficient (Wildman–Crippen LogP) is 1.28. The Balaban J connectivity index is 2.37. The van der Waals surface area contributed by atoms with Gasteiger partial charge in [0.1, 0.15) is 13.1 Å². The summed E-state index contributed by atoms with van der Waals surface area (Å²) in [5.74, 6) is -0.655. The van der Waals surface area contributed by atoms with Crippen LogP contribution in [0, 0.1) is 0 Å². The first kappa shape index (κ1) is 14.6. The van der Waals surface area contributed by atoms with Crippen LogP contribution in [0.5, 0.6) is 0 Å². The fourth-order valence-electron chi connectivity index (χ4n) is 1.38. The molecular formula is C11H16F3N3O. The summed E-state index contributed by atoms with van der Waals surface area (Å²) in [7, 11) is 0. The molecule has 0 saturated heterocycles. The highest BCUT2D eigenvalue weighted by Gasteiger charge is 2.27. The van der Waals surface area contributed by atoms with Crippen molar-refractivity contribution in [3.8, 4) is 0 Å². The van der Waals surface area contributed by atoms with Gasteiger partial charge in [0.2, 0.25) is 5.91 Å². The van der Waals surface area contributed by atoms with Gasteiger partial charge in [-0.2, -0.15) is 13.2 Å². The highest BCUT2D eigenvalue weighted by atomic mass is 19.4. The van der Waals surface area contributed by atoms with Crippen LogP contribution in [0.4, 0.5) is 13.2 Å². The van der Waals surface area contributed by atoms with Crippen molar-refractivity contribution in [1.29, 1.82) is 0 Å². The Labute approximate surface area is 103 Å². The zero-order valence-corrected chi connectivity index (χ0v) is 10.0. The minimum atomic E-state index is -4.37. The lowest BCUT2D eigenvalue weighted by molar-refractivity contribution is -0.138. The minimum absolute atomic E-state index is 0.109. The molecule has 0 aromatic carbocycles. The van der Waals surface area contributed by atoms with Gasteiger partial charge in [-0.05, 0) is 18.2 Å². The molecule has 102 valence electrons. The van der Waals surface area contributed by atoms with Crippen molar-refractivity contribution in [3.05, 3.63) is 24.0 Å². The predicted molar refractivity (Wildman–Crippen MR) is 60.9 cm³/mol. The first-order valence-corrected chi connectivity index (χ1v) is 5.59. The lowest BCUT2D eigenvalue weighted by Crippen LogP contribution is -2.35. The highest BCUT2D eigenvalue weighted by Crippen LogP contribution is 2.12. The van der Waals surface area contributed by atoms with Crippen LogP contribution in [0.25, 0.3) is 0 Å². The van der Waals surface area contributed by atoms with Gasteiger partial charge in [0.15, 0.2) is 0 Å². The molecule has 1 rings (SSSR count). The summed E-state index contributed by atoms with van der Waals surface area (Å²) in [6.45, 7) is 2.08. The van der Waals surface area contributed by atoms with Crippen LogP contribution in [-0.4, -0.2) is 29.7 Å². The number of carbonyl (C=O) groups is 1. The number of halogens is 3. The Morgan fingerprint density at radius 2 is 2.17 bits per heavy atom. The van der Waals surface area contributed by atoms with E-state index in [4.69, 9.17) is 0 Å². The second-order valence-corrected chi connectivity index (χ2v) is 3.86. The standard InChI is InChI=1S/C11H16F3N3O/c1-2-15-5-9-3-4-17(6-9)7-10(18)16-8-11(12,13)14/h3-4,6,15H,2,5,7-8H2,1H3,(H,16,18). The third-order valence-electron chi connectivity index (χ3n) is 2.20. The first-order valence-electron chi connectivity index (χ1n) is 5.59. The molecule has 2 N–H and O–H groups in total. The first-order chi connectivity index (χ1) is 8.40. The molecule has 0 atom stereocenters. The summed E-state index contributed by atoms with van der Waals surface area (Å²) in [5, 5.41) is 4.94. The van der Waals surface area contributed by atoms with E-state index in [1.165, 1.54) is 0 Å². The van der Waals surface area contributed by atoms with Crippen LogP contribution < -0.4 is 10.6 Å². The maximum Gasteiger partial charge on any atom is 0.405 e. The van der Waals surface area contributed by atoms with E-state index in [1.54, 1.807) is 17.0 Å². The van der Waals surface area contributed by atoms with Gasteiger partial charge in [0.25, 0.3) is 0 Å². The van der Waals surface area contributed by atoms with Crippen LogP contribution in [0.1, 0.15) is 12.5 Å². The number of nitrogens with zero attached hydrogens (tertiary/aromatic N) is 1. The Bertz CT molecular complexity index is 387. The molecule has 0 fully saturated rings. The van der Waals surface area contributed by atoms with Gasteiger partial charge in [0, 0.05) is 18.9 Å². The molecule has 18 heavy (non-hydrogen) atoms. The van der Waals surface area contributed by atoms with E-state index in [2.05, 4.69) is 5.32 Å². The van der Waals surface area contributed by atoms with Crippen molar-refractivity contribution < 1.29 is 18.0 Å². The van der Waals surface area contributed by atoms with Crippen molar-refractivity contribution in [2.75, 3.05) is 13.1 Å². The number of hydrogen-bond donors (Lipinski definition) is 2. The highest BCUT2D eigenvalue weighted by molar-refractivity contribution is 5.75. The third kappa shape index (κ3) is 5.72. The maximum atomic E-state index is 11.9. The van der Waals surface area contributed by atoms with E-state index in [0.29, 0.717) is 6.54 Å². The molecule has 1 amide bonds. The van der Waals surface area contributed by atoms with E-state index in [9.17, 15) is 18.0 Å². The van der Waals surface area contributed by atoms with Crippen LogP contribution in [0.2, 0.25) is 0 Å². The molecule has 0 aliphatic heterocycles. The monoisotopic (exact) mass is 263 g/mol. The van der Waals surface area contributed by atoms with E-state index in [1.807, 2.05) is 18.3 Å². The molecule has 1 aromatic rings. The fourth-order valence-corrected chi connectivity index (χ4v) is 1.38. The molecule has 7 heteroatoms. The molecule has 0 bridgehead atoms. The molecule has 1 heterocycles. The van der Waals surface area contributed by atoms with E-state index in [0.717, 1.165) is 12.1 Å². The molecule has 0 aliphatic carbocycles. The topological polar surface area (TPSA) is 46.1 Å². The lowest BCUT2D eigenvalue weighted by Gasteiger charge is -2.08. The molecule has 1 aromatic heterocycles. The fraction of sp³-hybridized carbons (Fsp3) is 0.545. The van der Waals surface area contributed by atoms with E-state index in [-0.39, 0.29) is 6.54 Å². The Hall–Kier alpha value is -1.50. The number of hydrogen-bond acceptors (Lipinski definition) is 2. The average Bonchev–Trinajstić information content (AvgIpc) is 2.70. The Kier molecular flexibility index (Phi) is 5.21. The van der Waals surface area contributed by atoms with E-state index >= 15 is 0 Å². The third-order valence-corrected chi connectivity index (χ3v) is 2.20. The van der Waals surface area contributed by atoms with Crippen molar-refractivity contribution in [2.45, 2.75) is 26.2 Å². The van der Waals surface area contributed by atoms with E-state index < -0.39 is 18.6 Å². The van der Waals surface area contributed by atoms with Gasteiger partial charge < -0.3 is 15.2 Å². The molecule has 0 spiro atoms. The zero-order valence-electron chi connectivity index (χ0n) is 10.0. The molecule has 0 unspecified atom stereocenters. The number of rotatable bonds is 6. The quantitative estimate of drug-likeness (QED) is 0.812. The summed E-state index contributed by atoms with van der Waals surface area (Å²) in [5.41, 5.74) is 0.987. The van der Waals surface area contributed by atoms with Gasteiger partial charge in [-0.15, -0.1) is 0 Å². The Morgan fingerprint density at radius 1 is 1.44 bits per heavy atom. The number of carbonyl (C=O) groups excluding carboxylic acids is 1. The normalized spacial score (nSPS) is 11.6. The van der Waals surface area contributed by atoms with Gasteiger partial charge >= 0.3 is 6.18 Å².